The number of rotatable bonds is 3. The molecule has 2 unspecified atom stereocenters. The number of hydrogen-bond donors (Lipinski definition) is 0. The Bertz CT molecular complexity index is 653. The van der Waals surface area contributed by atoms with Crippen LogP contribution in [0.1, 0.15) is 11.4 Å². The van der Waals surface area contributed by atoms with Gasteiger partial charge in [0.25, 0.3) is 0 Å². The molecule has 0 N–H and O–H groups in total. The molecule has 0 radical (unpaired) electrons. The van der Waals surface area contributed by atoms with E-state index < -0.39 is 0 Å². The van der Waals surface area contributed by atoms with E-state index in [1.54, 1.807) is 11.1 Å². The Balaban J connectivity index is 1.38. The van der Waals surface area contributed by atoms with E-state index in [1.807, 2.05) is 20.2 Å². The van der Waals surface area contributed by atoms with Crippen molar-refractivity contribution < 1.29 is 0 Å². The van der Waals surface area contributed by atoms with Crippen molar-refractivity contribution in [1.29, 1.82) is 0 Å². The van der Waals surface area contributed by atoms with Gasteiger partial charge in [0.15, 0.2) is 0 Å². The van der Waals surface area contributed by atoms with Gasteiger partial charge in [-0.25, -0.2) is 9.97 Å². The molecule has 4 heterocycles. The van der Waals surface area contributed by atoms with Gasteiger partial charge in [-0.2, -0.15) is 15.0 Å². The van der Waals surface area contributed by atoms with E-state index >= 15 is 0 Å². The zero-order valence-corrected chi connectivity index (χ0v) is 13.1. The van der Waals surface area contributed by atoms with Gasteiger partial charge < -0.3 is 4.90 Å². The molecule has 0 saturated carbocycles. The lowest BCUT2D eigenvalue weighted by molar-refractivity contribution is 0.304. The monoisotopic (exact) mass is 299 g/mol. The van der Waals surface area contributed by atoms with Crippen molar-refractivity contribution in [1.82, 2.24) is 29.9 Å². The van der Waals surface area contributed by atoms with Gasteiger partial charge in [0.2, 0.25) is 0 Å². The van der Waals surface area contributed by atoms with Crippen LogP contribution in [-0.2, 0) is 13.6 Å². The number of likely N-dealkylation sites (tertiary alicyclic amines) is 1. The predicted molar refractivity (Wildman–Crippen MR) is 82.2 cm³/mol. The third-order valence-corrected chi connectivity index (χ3v) is 4.71. The van der Waals surface area contributed by atoms with Gasteiger partial charge in [0.1, 0.15) is 12.1 Å². The second-order valence-corrected chi connectivity index (χ2v) is 6.46. The molecule has 4 rings (SSSR count). The van der Waals surface area contributed by atoms with Crippen molar-refractivity contribution >= 4 is 5.82 Å². The molecule has 7 heteroatoms. The summed E-state index contributed by atoms with van der Waals surface area (Å²) in [5.74, 6) is 2.53. The van der Waals surface area contributed by atoms with E-state index in [-0.39, 0.29) is 0 Å². The zero-order chi connectivity index (χ0) is 15.1. The lowest BCUT2D eigenvalue weighted by Crippen LogP contribution is -2.29. The van der Waals surface area contributed by atoms with Crippen molar-refractivity contribution in [3.63, 3.8) is 0 Å². The highest BCUT2D eigenvalue weighted by atomic mass is 15.5. The Kier molecular flexibility index (Phi) is 3.29. The maximum atomic E-state index is 4.42. The van der Waals surface area contributed by atoms with Crippen LogP contribution in [0, 0.1) is 18.8 Å². The Morgan fingerprint density at radius 1 is 1.14 bits per heavy atom. The summed E-state index contributed by atoms with van der Waals surface area (Å²) < 4.78 is 0. The number of hydrogen-bond acceptors (Lipinski definition) is 6. The average Bonchev–Trinajstić information content (AvgIpc) is 3.14. The third kappa shape index (κ3) is 2.56. The molecule has 0 amide bonds. The zero-order valence-electron chi connectivity index (χ0n) is 13.1. The van der Waals surface area contributed by atoms with Gasteiger partial charge in [-0.3, -0.25) is 4.90 Å². The molecule has 2 aromatic heterocycles. The molecule has 2 aromatic rings. The van der Waals surface area contributed by atoms with Crippen molar-refractivity contribution in [3.8, 4) is 0 Å². The second kappa shape index (κ2) is 5.31. The predicted octanol–water partition coefficient (Wildman–Crippen LogP) is 0.482. The van der Waals surface area contributed by atoms with Crippen LogP contribution in [0.5, 0.6) is 0 Å². The van der Waals surface area contributed by atoms with E-state index in [0.717, 1.165) is 61.8 Å². The first-order valence-electron chi connectivity index (χ1n) is 7.78. The summed E-state index contributed by atoms with van der Waals surface area (Å²) in [6.07, 6.45) is 3.53. The molecule has 7 nitrogen and oxygen atoms in total. The molecule has 2 aliphatic heterocycles. The van der Waals surface area contributed by atoms with Gasteiger partial charge >= 0.3 is 0 Å². The Hall–Kier alpha value is -2.02. The van der Waals surface area contributed by atoms with Gasteiger partial charge in [-0.15, -0.1) is 0 Å². The third-order valence-electron chi connectivity index (χ3n) is 4.71. The summed E-state index contributed by atoms with van der Waals surface area (Å²) in [6.45, 7) is 7.40. The molecule has 2 atom stereocenters. The summed E-state index contributed by atoms with van der Waals surface area (Å²) in [7, 11) is 1.86. The SMILES string of the molecule is Cc1cc(N2CC3CN(Cc4cnn(C)n4)CC3C2)ncn1. The molecule has 2 aliphatic rings. The van der Waals surface area contributed by atoms with Crippen LogP contribution in [0.15, 0.2) is 18.6 Å². The molecular formula is C15H21N7. The fourth-order valence-electron chi connectivity index (χ4n) is 3.71. The first-order chi connectivity index (χ1) is 10.7. The van der Waals surface area contributed by atoms with E-state index in [2.05, 4.69) is 36.0 Å². The normalized spacial score (nSPS) is 24.9. The minimum atomic E-state index is 0.729. The lowest BCUT2D eigenvalue weighted by Gasteiger charge is -2.21. The van der Waals surface area contributed by atoms with Gasteiger partial charge in [0, 0.05) is 51.5 Å². The molecule has 2 fully saturated rings. The highest BCUT2D eigenvalue weighted by Gasteiger charge is 2.40. The second-order valence-electron chi connectivity index (χ2n) is 6.46. The van der Waals surface area contributed by atoms with Crippen LogP contribution >= 0.6 is 0 Å². The molecule has 0 spiro atoms. The van der Waals surface area contributed by atoms with Gasteiger partial charge in [0.05, 0.1) is 11.9 Å². The Morgan fingerprint density at radius 3 is 2.55 bits per heavy atom. The van der Waals surface area contributed by atoms with E-state index in [1.165, 1.54) is 0 Å². The van der Waals surface area contributed by atoms with Crippen LogP contribution in [0.25, 0.3) is 0 Å². The van der Waals surface area contributed by atoms with Crippen molar-refractivity contribution in [3.05, 3.63) is 30.0 Å². The van der Waals surface area contributed by atoms with E-state index in [9.17, 15) is 0 Å². The minimum absolute atomic E-state index is 0.729. The number of anilines is 1. The fourth-order valence-corrected chi connectivity index (χ4v) is 3.71. The largest absolute Gasteiger partial charge is 0.356 e. The van der Waals surface area contributed by atoms with Crippen molar-refractivity contribution in [2.24, 2.45) is 18.9 Å². The smallest absolute Gasteiger partial charge is 0.132 e. The molecule has 2 saturated heterocycles. The number of fused-ring (bicyclic) bond motifs is 1. The summed E-state index contributed by atoms with van der Waals surface area (Å²) in [5, 5.41) is 8.52. The van der Waals surface area contributed by atoms with Gasteiger partial charge in [-0.1, -0.05) is 0 Å². The quantitative estimate of drug-likeness (QED) is 0.821. The number of aromatic nitrogens is 5. The maximum Gasteiger partial charge on any atom is 0.132 e. The van der Waals surface area contributed by atoms with Crippen LogP contribution < -0.4 is 4.90 Å². The highest BCUT2D eigenvalue weighted by molar-refractivity contribution is 5.40. The number of aryl methyl sites for hydroxylation is 2. The molecule has 22 heavy (non-hydrogen) atoms. The molecule has 0 aromatic carbocycles. The maximum absolute atomic E-state index is 4.42. The molecule has 0 bridgehead atoms. The Morgan fingerprint density at radius 2 is 1.91 bits per heavy atom. The van der Waals surface area contributed by atoms with E-state index in [0.29, 0.717) is 0 Å². The standard InChI is InChI=1S/C15H21N7/c1-11-3-15(17-10-16-11)22-7-12-5-21(6-13(12)8-22)9-14-4-18-20(2)19-14/h3-4,10,12-13H,5-9H2,1-2H3. The van der Waals surface area contributed by atoms with Crippen LogP contribution in [-0.4, -0.2) is 56.0 Å². The molecule has 0 aliphatic carbocycles. The van der Waals surface area contributed by atoms with Crippen molar-refractivity contribution in [2.45, 2.75) is 13.5 Å². The number of nitrogens with zero attached hydrogens (tertiary/aromatic N) is 7. The summed E-state index contributed by atoms with van der Waals surface area (Å²) >= 11 is 0. The summed E-state index contributed by atoms with van der Waals surface area (Å²) in [5.41, 5.74) is 2.09. The Labute approximate surface area is 130 Å². The van der Waals surface area contributed by atoms with Crippen LogP contribution in [0.4, 0.5) is 5.82 Å². The summed E-state index contributed by atoms with van der Waals surface area (Å²) in [6, 6.07) is 2.08. The average molecular weight is 299 g/mol. The summed E-state index contributed by atoms with van der Waals surface area (Å²) in [4.78, 5) is 15.1. The van der Waals surface area contributed by atoms with Gasteiger partial charge in [-0.05, 0) is 18.8 Å². The fraction of sp³-hybridized carbons (Fsp3) is 0.600. The first-order valence-corrected chi connectivity index (χ1v) is 7.78. The first kappa shape index (κ1) is 13.6. The lowest BCUT2D eigenvalue weighted by atomic mass is 10.0. The highest BCUT2D eigenvalue weighted by Crippen LogP contribution is 2.33. The topological polar surface area (TPSA) is 63.0 Å². The molecular weight excluding hydrogens is 278 g/mol. The van der Waals surface area contributed by atoms with E-state index in [4.69, 9.17) is 0 Å². The molecule has 116 valence electrons. The van der Waals surface area contributed by atoms with Crippen LogP contribution in [0.3, 0.4) is 0 Å². The van der Waals surface area contributed by atoms with Crippen molar-refractivity contribution in [2.75, 3.05) is 31.1 Å². The minimum Gasteiger partial charge on any atom is -0.356 e. The van der Waals surface area contributed by atoms with Crippen LogP contribution in [0.2, 0.25) is 0 Å².